The quantitative estimate of drug-likeness (QED) is 0.262. The molecule has 2 aliphatic rings. The number of halogens is 1. The van der Waals surface area contributed by atoms with Crippen molar-refractivity contribution in [2.45, 2.75) is 46.1 Å². The van der Waals surface area contributed by atoms with Crippen LogP contribution in [-0.4, -0.2) is 86.2 Å². The molecule has 2 aliphatic heterocycles. The Morgan fingerprint density at radius 2 is 1.74 bits per heavy atom. The zero-order chi connectivity index (χ0) is 19.0. The predicted molar refractivity (Wildman–Crippen MR) is 121 cm³/mol. The number of morpholine rings is 1. The molecule has 0 spiro atoms. The van der Waals surface area contributed by atoms with Gasteiger partial charge in [-0.15, -0.1) is 24.0 Å². The summed E-state index contributed by atoms with van der Waals surface area (Å²) in [5.74, 6) is 1.43. The standard InChI is InChI=1S/C19H37N5O2.HI/c1-5-20-18(21-8-9-22-19(2,3)4)24-10-6-16(7-11-24)17(25)23-12-14-26-15-13-23;/h16,22H,5-15H2,1-4H3,(H,20,21);1H. The molecule has 0 aromatic carbocycles. The zero-order valence-electron chi connectivity index (χ0n) is 17.4. The Balaban J connectivity index is 0.00000364. The summed E-state index contributed by atoms with van der Waals surface area (Å²) in [4.78, 5) is 21.7. The van der Waals surface area contributed by atoms with E-state index < -0.39 is 0 Å². The van der Waals surface area contributed by atoms with Crippen LogP contribution >= 0.6 is 24.0 Å². The van der Waals surface area contributed by atoms with Crippen LogP contribution in [0.5, 0.6) is 0 Å². The Hall–Kier alpha value is -0.610. The molecule has 2 fully saturated rings. The number of nitrogens with zero attached hydrogens (tertiary/aromatic N) is 3. The fourth-order valence-electron chi connectivity index (χ4n) is 3.40. The Bertz CT molecular complexity index is 467. The molecule has 27 heavy (non-hydrogen) atoms. The Labute approximate surface area is 181 Å². The number of carbonyl (C=O) groups is 1. The first-order valence-corrected chi connectivity index (χ1v) is 10.1. The predicted octanol–water partition coefficient (Wildman–Crippen LogP) is 1.53. The lowest BCUT2D eigenvalue weighted by Crippen LogP contribution is -2.50. The summed E-state index contributed by atoms with van der Waals surface area (Å²) in [5, 5.41) is 6.86. The van der Waals surface area contributed by atoms with Crippen LogP contribution in [0.25, 0.3) is 0 Å². The summed E-state index contributed by atoms with van der Waals surface area (Å²) in [7, 11) is 0. The van der Waals surface area contributed by atoms with E-state index in [0.717, 1.165) is 64.6 Å². The van der Waals surface area contributed by atoms with Gasteiger partial charge in [-0.3, -0.25) is 9.79 Å². The zero-order valence-corrected chi connectivity index (χ0v) is 19.8. The maximum Gasteiger partial charge on any atom is 0.225 e. The van der Waals surface area contributed by atoms with Crippen LogP contribution in [0, 0.1) is 5.92 Å². The molecule has 1 amide bonds. The second-order valence-corrected chi connectivity index (χ2v) is 8.11. The van der Waals surface area contributed by atoms with Gasteiger partial charge in [0.15, 0.2) is 5.96 Å². The SMILES string of the molecule is CCNC(=NCCNC(C)(C)C)N1CCC(C(=O)N2CCOCC2)CC1.I. The molecule has 2 N–H and O–H groups in total. The third kappa shape index (κ3) is 8.51. The van der Waals surface area contributed by atoms with Gasteiger partial charge in [0, 0.05) is 50.7 Å². The fourth-order valence-corrected chi connectivity index (χ4v) is 3.40. The lowest BCUT2D eigenvalue weighted by atomic mass is 9.95. The minimum atomic E-state index is 0. The van der Waals surface area contributed by atoms with Crippen LogP contribution in [0.15, 0.2) is 4.99 Å². The second kappa shape index (κ2) is 12.1. The van der Waals surface area contributed by atoms with Crippen molar-refractivity contribution < 1.29 is 9.53 Å². The van der Waals surface area contributed by atoms with Crippen LogP contribution in [0.4, 0.5) is 0 Å². The summed E-state index contributed by atoms with van der Waals surface area (Å²) in [6.45, 7) is 15.7. The van der Waals surface area contributed by atoms with Crippen molar-refractivity contribution in [2.24, 2.45) is 10.9 Å². The first-order chi connectivity index (χ1) is 12.4. The molecule has 0 saturated carbocycles. The normalized spacial score (nSPS) is 19.6. The number of guanidine groups is 1. The number of piperidine rings is 1. The Kier molecular flexibility index (Phi) is 10.9. The van der Waals surface area contributed by atoms with Gasteiger partial charge < -0.3 is 25.2 Å². The van der Waals surface area contributed by atoms with E-state index in [0.29, 0.717) is 19.1 Å². The lowest BCUT2D eigenvalue weighted by molar-refractivity contribution is -0.140. The third-order valence-corrected chi connectivity index (χ3v) is 4.83. The van der Waals surface area contributed by atoms with Gasteiger partial charge in [-0.2, -0.15) is 0 Å². The number of hydrogen-bond acceptors (Lipinski definition) is 4. The van der Waals surface area contributed by atoms with Crippen molar-refractivity contribution >= 4 is 35.8 Å². The van der Waals surface area contributed by atoms with E-state index in [2.05, 4.69) is 43.2 Å². The van der Waals surface area contributed by atoms with E-state index in [-0.39, 0.29) is 35.4 Å². The number of carbonyl (C=O) groups excluding carboxylic acids is 1. The number of aliphatic imine (C=N–C) groups is 1. The first-order valence-electron chi connectivity index (χ1n) is 10.1. The molecule has 2 heterocycles. The molecule has 0 aliphatic carbocycles. The summed E-state index contributed by atoms with van der Waals surface area (Å²) >= 11 is 0. The molecular weight excluding hydrogens is 457 g/mol. The Morgan fingerprint density at radius 3 is 2.30 bits per heavy atom. The van der Waals surface area contributed by atoms with Crippen molar-refractivity contribution in [1.29, 1.82) is 0 Å². The number of amides is 1. The van der Waals surface area contributed by atoms with E-state index in [1.165, 1.54) is 0 Å². The van der Waals surface area contributed by atoms with Crippen LogP contribution in [0.1, 0.15) is 40.5 Å². The van der Waals surface area contributed by atoms with Crippen molar-refractivity contribution in [1.82, 2.24) is 20.4 Å². The minimum absolute atomic E-state index is 0. The summed E-state index contributed by atoms with van der Waals surface area (Å²) in [6, 6.07) is 0. The molecule has 0 aromatic heterocycles. The molecule has 0 bridgehead atoms. The molecule has 2 saturated heterocycles. The molecule has 0 atom stereocenters. The largest absolute Gasteiger partial charge is 0.378 e. The molecular formula is C19H38IN5O2. The number of nitrogens with one attached hydrogen (secondary N) is 2. The van der Waals surface area contributed by atoms with E-state index in [1.807, 2.05) is 4.90 Å². The number of ether oxygens (including phenoxy) is 1. The maximum absolute atomic E-state index is 12.7. The number of hydrogen-bond donors (Lipinski definition) is 2. The number of rotatable bonds is 5. The molecule has 0 aromatic rings. The van der Waals surface area contributed by atoms with Crippen molar-refractivity contribution in [2.75, 3.05) is 59.0 Å². The van der Waals surface area contributed by atoms with E-state index >= 15 is 0 Å². The van der Waals surface area contributed by atoms with Gasteiger partial charge in [0.1, 0.15) is 0 Å². The molecule has 2 rings (SSSR count). The fraction of sp³-hybridized carbons (Fsp3) is 0.895. The lowest BCUT2D eigenvalue weighted by Gasteiger charge is -2.36. The minimum Gasteiger partial charge on any atom is -0.378 e. The molecule has 8 heteroatoms. The summed E-state index contributed by atoms with van der Waals surface area (Å²) in [5.41, 5.74) is 0.117. The average Bonchev–Trinajstić information content (AvgIpc) is 2.64. The summed E-state index contributed by atoms with van der Waals surface area (Å²) < 4.78 is 5.35. The molecule has 0 unspecified atom stereocenters. The molecule has 158 valence electrons. The topological polar surface area (TPSA) is 69.2 Å². The highest BCUT2D eigenvalue weighted by molar-refractivity contribution is 14.0. The highest BCUT2D eigenvalue weighted by atomic mass is 127. The van der Waals surface area contributed by atoms with E-state index in [9.17, 15) is 4.79 Å². The summed E-state index contributed by atoms with van der Waals surface area (Å²) in [6.07, 6.45) is 1.81. The third-order valence-electron chi connectivity index (χ3n) is 4.83. The van der Waals surface area contributed by atoms with E-state index in [4.69, 9.17) is 9.73 Å². The number of likely N-dealkylation sites (tertiary alicyclic amines) is 1. The van der Waals surface area contributed by atoms with Crippen molar-refractivity contribution in [3.8, 4) is 0 Å². The van der Waals surface area contributed by atoms with Gasteiger partial charge in [0.25, 0.3) is 0 Å². The second-order valence-electron chi connectivity index (χ2n) is 8.11. The van der Waals surface area contributed by atoms with E-state index in [1.54, 1.807) is 0 Å². The highest BCUT2D eigenvalue weighted by Gasteiger charge is 2.30. The van der Waals surface area contributed by atoms with Gasteiger partial charge in [-0.1, -0.05) is 0 Å². The smallest absolute Gasteiger partial charge is 0.225 e. The first kappa shape index (κ1) is 24.4. The molecule has 0 radical (unpaired) electrons. The van der Waals surface area contributed by atoms with Crippen LogP contribution in [0.2, 0.25) is 0 Å². The van der Waals surface area contributed by atoms with Gasteiger partial charge >= 0.3 is 0 Å². The van der Waals surface area contributed by atoms with Gasteiger partial charge in [0.2, 0.25) is 5.91 Å². The van der Waals surface area contributed by atoms with Crippen LogP contribution in [-0.2, 0) is 9.53 Å². The van der Waals surface area contributed by atoms with Gasteiger partial charge in [0.05, 0.1) is 19.8 Å². The maximum atomic E-state index is 12.7. The van der Waals surface area contributed by atoms with Crippen LogP contribution < -0.4 is 10.6 Å². The molecule has 7 nitrogen and oxygen atoms in total. The Morgan fingerprint density at radius 1 is 1.11 bits per heavy atom. The van der Waals surface area contributed by atoms with Gasteiger partial charge in [-0.25, -0.2) is 0 Å². The average molecular weight is 495 g/mol. The van der Waals surface area contributed by atoms with Gasteiger partial charge in [-0.05, 0) is 40.5 Å². The van der Waals surface area contributed by atoms with Crippen molar-refractivity contribution in [3.05, 3.63) is 0 Å². The highest BCUT2D eigenvalue weighted by Crippen LogP contribution is 2.20. The van der Waals surface area contributed by atoms with Crippen LogP contribution in [0.3, 0.4) is 0 Å². The monoisotopic (exact) mass is 495 g/mol. The van der Waals surface area contributed by atoms with Crippen molar-refractivity contribution in [3.63, 3.8) is 0 Å².